The van der Waals surface area contributed by atoms with Crippen LogP contribution in [-0.2, 0) is 0 Å². The zero-order valence-corrected chi connectivity index (χ0v) is 37.8. The van der Waals surface area contributed by atoms with Gasteiger partial charge in [-0.2, -0.15) is 0 Å². The second-order valence-electron chi connectivity index (χ2n) is 29.7. The topological polar surface area (TPSA) is 0 Å². The first kappa shape index (κ1) is 34.3. The van der Waals surface area contributed by atoms with Gasteiger partial charge in [0.1, 0.15) is 0 Å². The summed E-state index contributed by atoms with van der Waals surface area (Å²) in [5, 5.41) is 0. The molecule has 30 unspecified atom stereocenters. The average Bonchev–Trinajstić information content (AvgIpc) is 3.31. The van der Waals surface area contributed by atoms with Gasteiger partial charge < -0.3 is 0 Å². The van der Waals surface area contributed by atoms with Crippen molar-refractivity contribution in [2.75, 3.05) is 0 Å². The summed E-state index contributed by atoms with van der Waals surface area (Å²) in [4.78, 5) is 0. The molecular weight excluding hydrogens is 721 g/mol. The molecule has 19 saturated carbocycles. The summed E-state index contributed by atoms with van der Waals surface area (Å²) >= 11 is 0. The first-order chi connectivity index (χ1) is 29.8. The molecule has 0 saturated heterocycles. The average molecular weight is 805 g/mol. The highest BCUT2D eigenvalue weighted by atomic mass is 14.9. The SMILES string of the molecule is C1CCC2C(C1)C1CCC3C4CCC5C6CCCCC6C6CCC7C8CCC9C%10CCCCC%10C%10CCC%11C%12CCC2C2C1C3C1C(C%122)C2C%11C%10C9C8C2C2C7C6C5C4C12. The molecule has 19 rings (SSSR count). The van der Waals surface area contributed by atoms with Crippen molar-refractivity contribution in [2.45, 2.75) is 154 Å². The van der Waals surface area contributed by atoms with Gasteiger partial charge in [0.25, 0.3) is 0 Å². The first-order valence-electron chi connectivity index (χ1n) is 29.8. The zero-order chi connectivity index (χ0) is 37.8. The molecule has 0 radical (unpaired) electrons. The number of rotatable bonds is 0. The molecule has 19 fully saturated rings. The van der Waals surface area contributed by atoms with Gasteiger partial charge in [0.05, 0.1) is 0 Å². The fraction of sp³-hybridized carbons (Fsp3) is 1.00. The highest BCUT2D eigenvalue weighted by Gasteiger charge is 2.83. The lowest BCUT2D eigenvalue weighted by Gasteiger charge is -2.86. The molecule has 324 valence electrons. The predicted octanol–water partition coefficient (Wildman–Crippen LogP) is 13.8. The van der Waals surface area contributed by atoms with Crippen LogP contribution in [0, 0.1) is 213 Å². The second kappa shape index (κ2) is 11.4. The van der Waals surface area contributed by atoms with Crippen LogP contribution in [0.15, 0.2) is 0 Å². The Bertz CT molecular complexity index is 1510. The fourth-order valence-corrected chi connectivity index (χ4v) is 31.9. The summed E-state index contributed by atoms with van der Waals surface area (Å²) in [7, 11) is 0. The van der Waals surface area contributed by atoms with Gasteiger partial charge in [0.15, 0.2) is 0 Å². The maximum absolute atomic E-state index is 1.74. The van der Waals surface area contributed by atoms with E-state index in [2.05, 4.69) is 0 Å². The standard InChI is InChI=1S/C60H84/c1-2-8-26-25(7-1)31-13-19-37-39-21-15-33-27-9-3-4-10-28(27)35-17-23-41-42-24-18-36-30-12-6-5-11-29(30)34-16-22-40-38-20-14-32(26)44-43(31)49(37)55-56(50(38)44)58-52(40)47(34)48(36)54(42)60(58)59-53(41)46(35)45(33)51(39)57(55)59/h25-60H,1-24H2. The molecule has 0 aromatic carbocycles. The van der Waals surface area contributed by atoms with Crippen molar-refractivity contribution >= 4 is 0 Å². The molecule has 0 bridgehead atoms. The first-order valence-corrected chi connectivity index (χ1v) is 29.8. The van der Waals surface area contributed by atoms with E-state index in [-0.39, 0.29) is 0 Å². The molecule has 0 aromatic heterocycles. The zero-order valence-electron chi connectivity index (χ0n) is 37.8. The minimum absolute atomic E-state index is 1.17. The van der Waals surface area contributed by atoms with Crippen molar-refractivity contribution < 1.29 is 0 Å². The van der Waals surface area contributed by atoms with Crippen LogP contribution in [0.2, 0.25) is 0 Å². The maximum atomic E-state index is 1.74. The Morgan fingerprint density at radius 2 is 0.217 bits per heavy atom. The lowest BCUT2D eigenvalue weighted by Crippen LogP contribution is -2.82. The van der Waals surface area contributed by atoms with E-state index < -0.39 is 0 Å². The largest absolute Gasteiger partial charge is 0.0530 e. The molecule has 0 heteroatoms. The van der Waals surface area contributed by atoms with E-state index in [9.17, 15) is 0 Å². The Morgan fingerprint density at radius 3 is 0.367 bits per heavy atom. The lowest BCUT2D eigenvalue weighted by molar-refractivity contribution is -0.388. The van der Waals surface area contributed by atoms with Gasteiger partial charge in [0.2, 0.25) is 0 Å². The van der Waals surface area contributed by atoms with Gasteiger partial charge in [-0.05, 0) is 329 Å². The van der Waals surface area contributed by atoms with Crippen molar-refractivity contribution in [2.24, 2.45) is 213 Å². The van der Waals surface area contributed by atoms with Crippen molar-refractivity contribution in [3.63, 3.8) is 0 Å². The van der Waals surface area contributed by atoms with Crippen molar-refractivity contribution in [1.29, 1.82) is 0 Å². The number of hydrogen-bond acceptors (Lipinski definition) is 0. The minimum Gasteiger partial charge on any atom is -0.0530 e. The van der Waals surface area contributed by atoms with E-state index in [1.807, 2.05) is 0 Å². The Hall–Kier alpha value is 0. The third-order valence-corrected chi connectivity index (χ3v) is 30.8. The molecule has 0 amide bonds. The van der Waals surface area contributed by atoms with Crippen LogP contribution < -0.4 is 0 Å². The Morgan fingerprint density at radius 1 is 0.100 bits per heavy atom. The number of hydrogen-bond donors (Lipinski definition) is 0. The van der Waals surface area contributed by atoms with Gasteiger partial charge in [-0.25, -0.2) is 0 Å². The fourth-order valence-electron chi connectivity index (χ4n) is 31.9. The minimum atomic E-state index is 1.17. The van der Waals surface area contributed by atoms with Gasteiger partial charge >= 0.3 is 0 Å². The Balaban J connectivity index is 0.877. The second-order valence-corrected chi connectivity index (χ2v) is 29.7. The van der Waals surface area contributed by atoms with Gasteiger partial charge in [-0.1, -0.05) is 38.5 Å². The van der Waals surface area contributed by atoms with Crippen molar-refractivity contribution in [3.05, 3.63) is 0 Å². The summed E-state index contributed by atoms with van der Waals surface area (Å²) in [5.41, 5.74) is 0. The van der Waals surface area contributed by atoms with Crippen molar-refractivity contribution in [1.82, 2.24) is 0 Å². The predicted molar refractivity (Wildman–Crippen MR) is 236 cm³/mol. The Labute approximate surface area is 365 Å². The van der Waals surface area contributed by atoms with Crippen LogP contribution in [0.1, 0.15) is 154 Å². The van der Waals surface area contributed by atoms with E-state index in [0.29, 0.717) is 0 Å². The quantitative estimate of drug-likeness (QED) is 0.229. The molecule has 0 nitrogen and oxygen atoms in total. The number of fused-ring (bicyclic) bond motifs is 12. The summed E-state index contributed by atoms with van der Waals surface area (Å²) < 4.78 is 0. The van der Waals surface area contributed by atoms with Crippen LogP contribution in [0.25, 0.3) is 0 Å². The molecule has 60 heavy (non-hydrogen) atoms. The summed E-state index contributed by atoms with van der Waals surface area (Å²) in [6, 6.07) is 0. The smallest absolute Gasteiger partial charge is 0.0312 e. The van der Waals surface area contributed by atoms with Crippen LogP contribution >= 0.6 is 0 Å². The van der Waals surface area contributed by atoms with Crippen LogP contribution in [-0.4, -0.2) is 0 Å². The van der Waals surface area contributed by atoms with Gasteiger partial charge in [0, 0.05) is 0 Å². The normalized spacial score (nSPS) is 74.4. The van der Waals surface area contributed by atoms with Gasteiger partial charge in [-0.15, -0.1) is 0 Å². The van der Waals surface area contributed by atoms with Crippen molar-refractivity contribution in [3.8, 4) is 0 Å². The third-order valence-electron chi connectivity index (χ3n) is 30.8. The van der Waals surface area contributed by atoms with E-state index in [1.54, 1.807) is 154 Å². The molecule has 19 aliphatic rings. The highest BCUT2D eigenvalue weighted by Crippen LogP contribution is 2.88. The summed E-state index contributed by atoms with van der Waals surface area (Å²) in [6.45, 7) is 0. The molecule has 19 aliphatic carbocycles. The summed E-state index contributed by atoms with van der Waals surface area (Å²) in [5.74, 6) is 43.4. The van der Waals surface area contributed by atoms with Crippen LogP contribution in [0.5, 0.6) is 0 Å². The van der Waals surface area contributed by atoms with E-state index >= 15 is 0 Å². The molecule has 30 atom stereocenters. The van der Waals surface area contributed by atoms with Crippen LogP contribution in [0.3, 0.4) is 0 Å². The van der Waals surface area contributed by atoms with E-state index in [1.165, 1.54) is 213 Å². The molecule has 0 aromatic rings. The maximum Gasteiger partial charge on any atom is -0.0312 e. The van der Waals surface area contributed by atoms with Gasteiger partial charge in [-0.3, -0.25) is 0 Å². The molecule has 0 spiro atoms. The van der Waals surface area contributed by atoms with E-state index in [4.69, 9.17) is 0 Å². The molecule has 0 aliphatic heterocycles. The third kappa shape index (κ3) is 3.53. The molecule has 0 heterocycles. The monoisotopic (exact) mass is 805 g/mol. The summed E-state index contributed by atoms with van der Waals surface area (Å²) in [6.07, 6.45) is 40.6. The van der Waals surface area contributed by atoms with E-state index in [0.717, 1.165) is 0 Å². The molecule has 0 N–H and O–H groups in total. The highest BCUT2D eigenvalue weighted by molar-refractivity contribution is 5.31. The van der Waals surface area contributed by atoms with Crippen LogP contribution in [0.4, 0.5) is 0 Å². The lowest BCUT2D eigenvalue weighted by atomic mass is 9.19. The molecular formula is C60H84. The Kier molecular flexibility index (Phi) is 6.52.